The monoisotopic (exact) mass is 511 g/mol. The van der Waals surface area contributed by atoms with E-state index in [2.05, 4.69) is 3.63 Å². The molecule has 0 aliphatic rings. The lowest BCUT2D eigenvalue weighted by molar-refractivity contribution is 0.338. The van der Waals surface area contributed by atoms with E-state index in [-0.39, 0.29) is 0 Å². The third kappa shape index (κ3) is 3.97. The van der Waals surface area contributed by atoms with E-state index in [1.807, 2.05) is 0 Å². The Bertz CT molecular complexity index is 1310. The first kappa shape index (κ1) is 23.9. The molecule has 0 aliphatic carbocycles. The van der Waals surface area contributed by atoms with E-state index < -0.39 is 54.4 Å². The van der Waals surface area contributed by atoms with Crippen LogP contribution < -0.4 is 0 Å². The standard InChI is InChI=1S/C24H15F5O3S2/c25-19-20(26)22(28)24(23(29)21(19)27)34(30,31)32-33(16-10-4-1-5-11-16,17-12-6-2-7-13-17)18-14-8-3-9-15-18/h1-15H/p+1. The molecule has 4 aromatic rings. The number of hydrogen-bond acceptors (Lipinski definition) is 2. The Morgan fingerprint density at radius 3 is 1.09 bits per heavy atom. The molecule has 0 spiro atoms. The summed E-state index contributed by atoms with van der Waals surface area (Å²) in [5, 5.41) is 0. The van der Waals surface area contributed by atoms with Crippen LogP contribution in [0.5, 0.6) is 0 Å². The second kappa shape index (κ2) is 9.21. The molecule has 0 aromatic heterocycles. The highest BCUT2D eigenvalue weighted by molar-refractivity contribution is 8.32. The maximum atomic E-state index is 14.5. The van der Waals surface area contributed by atoms with E-state index >= 15 is 0 Å². The molecule has 3 nitrogen and oxygen atoms in total. The predicted octanol–water partition coefficient (Wildman–Crippen LogP) is 7.06. The van der Waals surface area contributed by atoms with E-state index in [4.69, 9.17) is 0 Å². The highest BCUT2D eigenvalue weighted by Crippen LogP contribution is 2.68. The van der Waals surface area contributed by atoms with Crippen LogP contribution >= 0.6 is 10.3 Å². The molecule has 0 saturated heterocycles. The largest absolute Gasteiger partial charge is 0.428 e. The molecule has 4 rings (SSSR count). The van der Waals surface area contributed by atoms with Gasteiger partial charge < -0.3 is 0 Å². The molecule has 0 unspecified atom stereocenters. The third-order valence-corrected chi connectivity index (χ3v) is 10.3. The van der Waals surface area contributed by atoms with Gasteiger partial charge in [-0.3, -0.25) is 3.63 Å². The fourth-order valence-corrected chi connectivity index (χ4v) is 9.00. The Labute approximate surface area is 194 Å². The van der Waals surface area contributed by atoms with Gasteiger partial charge in [-0.2, -0.15) is 0 Å². The molecular formula is C24H16F5O3S2+. The molecule has 0 bridgehead atoms. The maximum Gasteiger partial charge on any atom is 0.428 e. The second-order valence-corrected chi connectivity index (χ2v) is 11.5. The van der Waals surface area contributed by atoms with Gasteiger partial charge in [0.1, 0.15) is 0 Å². The van der Waals surface area contributed by atoms with E-state index in [9.17, 15) is 30.4 Å². The lowest BCUT2D eigenvalue weighted by Crippen LogP contribution is -2.22. The lowest BCUT2D eigenvalue weighted by Gasteiger charge is -2.34. The lowest BCUT2D eigenvalue weighted by atomic mass is 10.3. The first-order valence-corrected chi connectivity index (χ1v) is 12.7. The molecule has 0 radical (unpaired) electrons. The molecule has 176 valence electrons. The zero-order valence-corrected chi connectivity index (χ0v) is 18.8. The highest BCUT2D eigenvalue weighted by atomic mass is 32.3. The Morgan fingerprint density at radius 2 is 0.765 bits per heavy atom. The highest BCUT2D eigenvalue weighted by Gasteiger charge is 2.47. The van der Waals surface area contributed by atoms with Crippen molar-refractivity contribution in [1.29, 1.82) is 0 Å². The van der Waals surface area contributed by atoms with E-state index in [1.54, 1.807) is 91.0 Å². The third-order valence-electron chi connectivity index (χ3n) is 4.89. The van der Waals surface area contributed by atoms with Gasteiger partial charge in [-0.15, -0.1) is 8.42 Å². The average molecular weight is 512 g/mol. The van der Waals surface area contributed by atoms with Crippen LogP contribution in [0.15, 0.2) is 111 Å². The van der Waals surface area contributed by atoms with Crippen molar-refractivity contribution in [3.8, 4) is 0 Å². The van der Waals surface area contributed by atoms with Crippen LogP contribution in [0.4, 0.5) is 22.0 Å². The number of benzene rings is 4. The van der Waals surface area contributed by atoms with Crippen molar-refractivity contribution in [2.45, 2.75) is 19.6 Å². The van der Waals surface area contributed by atoms with E-state index in [0.29, 0.717) is 14.7 Å². The molecule has 1 N–H and O–H groups in total. The van der Waals surface area contributed by atoms with Crippen LogP contribution in [0.25, 0.3) is 0 Å². The van der Waals surface area contributed by atoms with E-state index in [1.165, 1.54) is 0 Å². The average Bonchev–Trinajstić information content (AvgIpc) is 2.86. The van der Waals surface area contributed by atoms with Crippen molar-refractivity contribution in [2.75, 3.05) is 0 Å². The number of halogens is 5. The van der Waals surface area contributed by atoms with Crippen LogP contribution in [0.2, 0.25) is 0 Å². The summed E-state index contributed by atoms with van der Waals surface area (Å²) in [6.07, 6.45) is 0. The number of rotatable bonds is 6. The summed E-state index contributed by atoms with van der Waals surface area (Å²) in [4.78, 5) is -0.872. The van der Waals surface area contributed by atoms with Crippen molar-refractivity contribution in [1.82, 2.24) is 0 Å². The van der Waals surface area contributed by atoms with Gasteiger partial charge in [0.05, 0.1) is 25.0 Å². The zero-order chi connectivity index (χ0) is 24.5. The molecule has 4 aromatic carbocycles. The van der Waals surface area contributed by atoms with Crippen LogP contribution in [-0.2, 0) is 10.1 Å². The minimum absolute atomic E-state index is 0.375. The summed E-state index contributed by atoms with van der Waals surface area (Å²) >= 11 is 0. The van der Waals surface area contributed by atoms with Gasteiger partial charge in [0.25, 0.3) is 0 Å². The summed E-state index contributed by atoms with van der Waals surface area (Å²) in [5.41, 5.74) is 0. The Balaban J connectivity index is 2.06. The van der Waals surface area contributed by atoms with Gasteiger partial charge in [-0.25, -0.2) is 22.0 Å². The van der Waals surface area contributed by atoms with E-state index in [0.717, 1.165) is 0 Å². The predicted molar refractivity (Wildman–Crippen MR) is 118 cm³/mol. The van der Waals surface area contributed by atoms with Gasteiger partial charge >= 0.3 is 10.1 Å². The Kier molecular flexibility index (Phi) is 6.48. The summed E-state index contributed by atoms with van der Waals surface area (Å²) in [6.45, 7) is 0. The van der Waals surface area contributed by atoms with Crippen LogP contribution in [0, 0.1) is 29.1 Å². The van der Waals surface area contributed by atoms with Gasteiger partial charge in [-0.05, 0) is 36.4 Å². The van der Waals surface area contributed by atoms with Crippen LogP contribution in [0.1, 0.15) is 0 Å². The molecule has 10 heteroatoms. The maximum absolute atomic E-state index is 14.5. The number of hydrogen-bond donors (Lipinski definition) is 0. The molecule has 0 saturated carbocycles. The molecule has 0 atom stereocenters. The molecule has 0 amide bonds. The fourth-order valence-electron chi connectivity index (χ4n) is 3.39. The fraction of sp³-hybridized carbons (Fsp3) is 0. The first-order valence-electron chi connectivity index (χ1n) is 9.69. The topological polar surface area (TPSA) is 46.9 Å². The second-order valence-electron chi connectivity index (χ2n) is 6.97. The van der Waals surface area contributed by atoms with Gasteiger partial charge in [0.2, 0.25) is 10.7 Å². The first-order chi connectivity index (χ1) is 16.2. The van der Waals surface area contributed by atoms with Crippen LogP contribution in [0.3, 0.4) is 0 Å². The van der Waals surface area contributed by atoms with Crippen molar-refractivity contribution in [2.24, 2.45) is 0 Å². The summed E-state index contributed by atoms with van der Waals surface area (Å²) in [7, 11) is -8.56. The SMILES string of the molecule is O=S(=O)([OH+]S(c1ccccc1)(c1ccccc1)c1ccccc1)c1c(F)c(F)c(F)c(F)c1F. The molecule has 0 aliphatic heterocycles. The van der Waals surface area contributed by atoms with Gasteiger partial charge in [0.15, 0.2) is 23.3 Å². The molecule has 0 heterocycles. The summed E-state index contributed by atoms with van der Waals surface area (Å²) in [5.74, 6) is -12.1. The zero-order valence-electron chi connectivity index (χ0n) is 17.1. The molecular weight excluding hydrogens is 495 g/mol. The van der Waals surface area contributed by atoms with Gasteiger partial charge in [-0.1, -0.05) is 54.6 Å². The molecule has 0 fully saturated rings. The van der Waals surface area contributed by atoms with Crippen molar-refractivity contribution in [3.63, 3.8) is 0 Å². The van der Waals surface area contributed by atoms with Crippen molar-refractivity contribution >= 4 is 20.4 Å². The molecule has 34 heavy (non-hydrogen) atoms. The quantitative estimate of drug-likeness (QED) is 0.0915. The summed E-state index contributed by atoms with van der Waals surface area (Å²) in [6, 6.07) is 24.4. The van der Waals surface area contributed by atoms with Crippen molar-refractivity contribution in [3.05, 3.63) is 120 Å². The summed E-state index contributed by atoms with van der Waals surface area (Å²) < 4.78 is 101. The minimum atomic E-state index is -5.42. The Morgan fingerprint density at radius 1 is 0.471 bits per heavy atom. The van der Waals surface area contributed by atoms with Crippen molar-refractivity contribution < 1.29 is 34.0 Å². The normalized spacial score (nSPS) is 12.5. The van der Waals surface area contributed by atoms with Gasteiger partial charge in [0, 0.05) is 0 Å². The van der Waals surface area contributed by atoms with Crippen LogP contribution in [-0.4, -0.2) is 12.0 Å². The minimum Gasteiger partial charge on any atom is -0.258 e. The Hall–Kier alpha value is -3.21. The smallest absolute Gasteiger partial charge is 0.258 e.